The van der Waals surface area contributed by atoms with Crippen LogP contribution in [0.4, 0.5) is 0 Å². The van der Waals surface area contributed by atoms with E-state index in [1.807, 2.05) is 0 Å². The lowest BCUT2D eigenvalue weighted by molar-refractivity contribution is 0.562. The zero-order valence-electron chi connectivity index (χ0n) is 4.48. The SMILES string of the molecule is C=CCl.N=C=O.N=C=O. The summed E-state index contributed by atoms with van der Waals surface area (Å²) >= 11 is 4.76. The van der Waals surface area contributed by atoms with Crippen molar-refractivity contribution in [3.63, 3.8) is 0 Å². The first-order valence-electron chi connectivity index (χ1n) is 1.53. The third-order valence-corrected chi connectivity index (χ3v) is 0. The van der Waals surface area contributed by atoms with Gasteiger partial charge in [-0.05, 0) is 5.54 Å². The molecule has 0 rings (SSSR count). The van der Waals surface area contributed by atoms with Gasteiger partial charge in [0.05, 0.1) is 0 Å². The summed E-state index contributed by atoms with van der Waals surface area (Å²) in [6.45, 7) is 3.13. The van der Waals surface area contributed by atoms with E-state index in [9.17, 15) is 0 Å². The molecule has 0 radical (unpaired) electrons. The number of rotatable bonds is 0. The Kier molecular flexibility index (Phi) is 124. The molecule has 5 heteroatoms. The molecule has 0 aliphatic rings. The van der Waals surface area contributed by atoms with Gasteiger partial charge in [0.1, 0.15) is 0 Å². The van der Waals surface area contributed by atoms with Crippen molar-refractivity contribution in [1.29, 1.82) is 10.8 Å². The van der Waals surface area contributed by atoms with E-state index >= 15 is 0 Å². The average Bonchev–Trinajstić information content (AvgIpc) is 1.70. The molecular weight excluding hydrogens is 144 g/mol. The number of hydrogen-bond donors (Lipinski definition) is 2. The standard InChI is InChI=1S/C2H3Cl.2CHNO/c1-2-3;2*2-1-3/h2H,1H2;2*2H. The van der Waals surface area contributed by atoms with Crippen LogP contribution in [0, 0.1) is 10.8 Å². The third kappa shape index (κ3) is 106. The molecule has 0 atom stereocenters. The third-order valence-electron chi connectivity index (χ3n) is 0. The Balaban J connectivity index is -0.0000000600. The van der Waals surface area contributed by atoms with Gasteiger partial charge in [-0.25, -0.2) is 20.4 Å². The Bertz CT molecular complexity index is 99.7. The van der Waals surface area contributed by atoms with Crippen molar-refractivity contribution in [3.05, 3.63) is 12.1 Å². The van der Waals surface area contributed by atoms with E-state index in [2.05, 4.69) is 6.58 Å². The van der Waals surface area contributed by atoms with Gasteiger partial charge in [-0.3, -0.25) is 0 Å². The molecule has 4 nitrogen and oxygen atoms in total. The summed E-state index contributed by atoms with van der Waals surface area (Å²) in [4.78, 5) is 16.7. The van der Waals surface area contributed by atoms with E-state index in [1.54, 1.807) is 0 Å². The van der Waals surface area contributed by atoms with Gasteiger partial charge in [0.15, 0.2) is 0 Å². The lowest BCUT2D eigenvalue weighted by atomic mass is 11.3. The summed E-state index contributed by atoms with van der Waals surface area (Å²) in [7, 11) is 0. The smallest absolute Gasteiger partial charge is 0.222 e. The Morgan fingerprint density at radius 3 is 1.33 bits per heavy atom. The van der Waals surface area contributed by atoms with Gasteiger partial charge in [0.2, 0.25) is 12.2 Å². The highest BCUT2D eigenvalue weighted by atomic mass is 35.5. The predicted molar refractivity (Wildman–Crippen MR) is 32.9 cm³/mol. The highest BCUT2D eigenvalue weighted by Gasteiger charge is 1.18. The fourth-order valence-electron chi connectivity index (χ4n) is 0. The maximum Gasteiger partial charge on any atom is 0.231 e. The van der Waals surface area contributed by atoms with Crippen LogP contribution in [-0.4, -0.2) is 12.2 Å². The molecule has 50 valence electrons. The summed E-state index contributed by atoms with van der Waals surface area (Å²) in [6, 6.07) is 0. The Morgan fingerprint density at radius 2 is 1.33 bits per heavy atom. The predicted octanol–water partition coefficient (Wildman–Crippen LogP) is 1.17. The zero-order chi connectivity index (χ0) is 8.12. The lowest BCUT2D eigenvalue weighted by Crippen LogP contribution is -1.16. The number of hydrogen-bond acceptors (Lipinski definition) is 4. The fraction of sp³-hybridized carbons (Fsp3) is 0. The number of isocyanates is 2. The van der Waals surface area contributed by atoms with Gasteiger partial charge < -0.3 is 0 Å². The van der Waals surface area contributed by atoms with Gasteiger partial charge >= 0.3 is 0 Å². The minimum atomic E-state index is 0.750. The van der Waals surface area contributed by atoms with Crippen LogP contribution in [0.3, 0.4) is 0 Å². The van der Waals surface area contributed by atoms with Crippen LogP contribution in [0.25, 0.3) is 0 Å². The van der Waals surface area contributed by atoms with Crippen LogP contribution in [-0.2, 0) is 9.59 Å². The normalized spacial score (nSPS) is 3.22. The summed E-state index contributed by atoms with van der Waals surface area (Å²) in [5, 5.41) is 10.8. The molecule has 0 aromatic heterocycles. The van der Waals surface area contributed by atoms with E-state index in [1.165, 1.54) is 5.54 Å². The van der Waals surface area contributed by atoms with E-state index in [0.29, 0.717) is 0 Å². The molecule has 0 aromatic carbocycles. The van der Waals surface area contributed by atoms with E-state index in [-0.39, 0.29) is 0 Å². The summed E-state index contributed by atoms with van der Waals surface area (Å²) in [5.41, 5.74) is 1.22. The molecule has 9 heavy (non-hydrogen) atoms. The second-order valence-electron chi connectivity index (χ2n) is 0.358. The Morgan fingerprint density at radius 1 is 1.33 bits per heavy atom. The van der Waals surface area contributed by atoms with Gasteiger partial charge in [-0.1, -0.05) is 18.2 Å². The number of nitrogens with one attached hydrogen (secondary N) is 2. The topological polar surface area (TPSA) is 81.8 Å². The van der Waals surface area contributed by atoms with Crippen molar-refractivity contribution in [2.24, 2.45) is 0 Å². The molecular formula is C4H5ClN2O2. The van der Waals surface area contributed by atoms with Crippen molar-refractivity contribution < 1.29 is 9.59 Å². The maximum atomic E-state index is 8.35. The molecule has 0 saturated carbocycles. The van der Waals surface area contributed by atoms with Crippen LogP contribution in [0.5, 0.6) is 0 Å². The van der Waals surface area contributed by atoms with Crippen molar-refractivity contribution >= 4 is 23.8 Å². The van der Waals surface area contributed by atoms with Crippen molar-refractivity contribution in [2.45, 2.75) is 0 Å². The Hall–Kier alpha value is -1.21. The summed E-state index contributed by atoms with van der Waals surface area (Å²) in [5.74, 6) is 0. The second-order valence-corrected chi connectivity index (χ2v) is 0.667. The van der Waals surface area contributed by atoms with Gasteiger partial charge in [-0.15, -0.1) is 0 Å². The lowest BCUT2D eigenvalue weighted by Gasteiger charge is -1.27. The highest BCUT2D eigenvalue weighted by Crippen LogP contribution is 1.60. The maximum absolute atomic E-state index is 8.35. The molecule has 0 aromatic rings. The quantitative estimate of drug-likeness (QED) is 0.399. The molecule has 0 bridgehead atoms. The summed E-state index contributed by atoms with van der Waals surface area (Å²) < 4.78 is 0. The average molecular weight is 149 g/mol. The highest BCUT2D eigenvalue weighted by molar-refractivity contribution is 6.25. The number of halogens is 1. The van der Waals surface area contributed by atoms with E-state index in [4.69, 9.17) is 32.0 Å². The van der Waals surface area contributed by atoms with Crippen molar-refractivity contribution in [3.8, 4) is 0 Å². The van der Waals surface area contributed by atoms with Gasteiger partial charge in [0, 0.05) is 0 Å². The van der Waals surface area contributed by atoms with Crippen molar-refractivity contribution in [2.75, 3.05) is 0 Å². The van der Waals surface area contributed by atoms with Gasteiger partial charge in [0.25, 0.3) is 0 Å². The molecule has 0 aliphatic heterocycles. The molecule has 0 aliphatic carbocycles. The van der Waals surface area contributed by atoms with Crippen LogP contribution in [0.2, 0.25) is 0 Å². The molecule has 0 unspecified atom stereocenters. The Labute approximate surface area is 57.2 Å². The van der Waals surface area contributed by atoms with Crippen molar-refractivity contribution in [1.82, 2.24) is 0 Å². The van der Waals surface area contributed by atoms with Crippen LogP contribution < -0.4 is 0 Å². The fourth-order valence-corrected chi connectivity index (χ4v) is 0. The first kappa shape index (κ1) is 15.7. The molecule has 0 saturated heterocycles. The molecule has 2 N–H and O–H groups in total. The first-order chi connectivity index (χ1) is 4.24. The largest absolute Gasteiger partial charge is 0.231 e. The second kappa shape index (κ2) is 71.0. The van der Waals surface area contributed by atoms with E-state index in [0.717, 1.165) is 12.2 Å². The van der Waals surface area contributed by atoms with E-state index < -0.39 is 0 Å². The van der Waals surface area contributed by atoms with Gasteiger partial charge in [-0.2, -0.15) is 0 Å². The van der Waals surface area contributed by atoms with Crippen LogP contribution in [0.15, 0.2) is 12.1 Å². The molecule has 0 amide bonds. The first-order valence-corrected chi connectivity index (χ1v) is 1.97. The minimum Gasteiger partial charge on any atom is -0.222 e. The minimum absolute atomic E-state index is 0.750. The number of carbonyl (C=O) groups excluding carboxylic acids is 2. The monoisotopic (exact) mass is 148 g/mol. The zero-order valence-corrected chi connectivity index (χ0v) is 5.23. The molecule has 0 spiro atoms. The van der Waals surface area contributed by atoms with Crippen LogP contribution in [0.1, 0.15) is 0 Å². The molecule has 0 fully saturated rings. The van der Waals surface area contributed by atoms with Crippen LogP contribution >= 0.6 is 11.6 Å². The molecule has 0 heterocycles. The summed E-state index contributed by atoms with van der Waals surface area (Å²) in [6.07, 6.45) is 1.50.